The van der Waals surface area contributed by atoms with Crippen molar-refractivity contribution in [2.45, 2.75) is 13.8 Å². The molecule has 0 unspecified atom stereocenters. The molecule has 3 N–H and O–H groups in total. The summed E-state index contributed by atoms with van der Waals surface area (Å²) in [4.78, 5) is 22.1. The minimum absolute atomic E-state index is 0.0502. The third-order valence-electron chi connectivity index (χ3n) is 3.72. The number of nitrogens with one attached hydrogen (secondary N) is 1. The van der Waals surface area contributed by atoms with Gasteiger partial charge in [0.05, 0.1) is 27.2 Å². The molecule has 0 aliphatic rings. The molecule has 0 fully saturated rings. The van der Waals surface area contributed by atoms with Gasteiger partial charge in [0.15, 0.2) is 0 Å². The molecule has 1 aromatic carbocycles. The molecule has 2 heterocycles. The van der Waals surface area contributed by atoms with E-state index in [0.717, 1.165) is 0 Å². The van der Waals surface area contributed by atoms with Gasteiger partial charge >= 0.3 is 17.4 Å². The molecular weight excluding hydrogens is 374 g/mol. The normalized spacial score (nSPS) is 11.4. The molecule has 0 bridgehead atoms. The monoisotopic (exact) mass is 387 g/mol. The van der Waals surface area contributed by atoms with Crippen molar-refractivity contribution in [3.8, 4) is 5.69 Å². The number of hydrazone groups is 1. The van der Waals surface area contributed by atoms with Crippen LogP contribution in [0.1, 0.15) is 28.8 Å². The summed E-state index contributed by atoms with van der Waals surface area (Å²) in [5.74, 6) is -1.28. The highest BCUT2D eigenvalue weighted by Gasteiger charge is 2.24. The Kier molecular flexibility index (Phi) is 4.67. The SMILES string of the molecule is C/C(=N\NC(=O)c1c(N)no[n+]1[O-])c1nnn(-c2ccc([N+](=O)[O-])cc2)c1C. The zero-order chi connectivity index (χ0) is 20.4. The Morgan fingerprint density at radius 3 is 2.64 bits per heavy atom. The minimum atomic E-state index is -0.909. The Morgan fingerprint density at radius 1 is 1.39 bits per heavy atom. The van der Waals surface area contributed by atoms with Crippen molar-refractivity contribution in [2.75, 3.05) is 5.73 Å². The van der Waals surface area contributed by atoms with E-state index in [4.69, 9.17) is 5.73 Å². The number of nitrogen functional groups attached to an aromatic ring is 1. The highest BCUT2D eigenvalue weighted by Crippen LogP contribution is 2.17. The van der Waals surface area contributed by atoms with Crippen LogP contribution in [0.4, 0.5) is 11.5 Å². The number of hydrogen-bond acceptors (Lipinski definition) is 10. The highest BCUT2D eigenvalue weighted by molar-refractivity contribution is 6.00. The Balaban J connectivity index is 1.81. The number of nitro groups is 1. The van der Waals surface area contributed by atoms with Gasteiger partial charge in [0, 0.05) is 12.1 Å². The van der Waals surface area contributed by atoms with Crippen LogP contribution in [0.2, 0.25) is 0 Å². The van der Waals surface area contributed by atoms with Gasteiger partial charge in [0.25, 0.3) is 5.69 Å². The van der Waals surface area contributed by atoms with Crippen molar-refractivity contribution < 1.29 is 19.2 Å². The van der Waals surface area contributed by atoms with Crippen LogP contribution in [0.3, 0.4) is 0 Å². The molecule has 1 amide bonds. The first-order chi connectivity index (χ1) is 13.3. The van der Waals surface area contributed by atoms with Gasteiger partial charge in [-0.2, -0.15) is 5.10 Å². The topological polar surface area (TPSA) is 194 Å². The molecule has 0 saturated carbocycles. The highest BCUT2D eigenvalue weighted by atomic mass is 16.8. The summed E-state index contributed by atoms with van der Waals surface area (Å²) >= 11 is 0. The molecule has 0 radical (unpaired) electrons. The van der Waals surface area contributed by atoms with Crippen LogP contribution in [-0.4, -0.2) is 36.7 Å². The molecule has 0 saturated heterocycles. The smallest absolute Gasteiger partial charge is 0.322 e. The number of nitro benzene ring substituents is 1. The van der Waals surface area contributed by atoms with Crippen LogP contribution in [0.25, 0.3) is 5.69 Å². The van der Waals surface area contributed by atoms with Gasteiger partial charge in [-0.25, -0.2) is 10.1 Å². The number of carbonyl (C=O) groups is 1. The Bertz CT molecular complexity index is 1060. The number of anilines is 1. The predicted octanol–water partition coefficient (Wildman–Crippen LogP) is -0.158. The van der Waals surface area contributed by atoms with Crippen LogP contribution in [-0.2, 0) is 0 Å². The molecule has 3 rings (SSSR count). The number of nitrogens with two attached hydrogens (primary N) is 1. The number of benzene rings is 1. The number of amides is 1. The molecule has 3 aromatic rings. The zero-order valence-electron chi connectivity index (χ0n) is 14.6. The summed E-state index contributed by atoms with van der Waals surface area (Å²) in [5.41, 5.74) is 8.76. The molecular formula is C14H13N9O5. The Morgan fingerprint density at radius 2 is 2.07 bits per heavy atom. The molecule has 144 valence electrons. The van der Waals surface area contributed by atoms with Crippen molar-refractivity contribution in [3.63, 3.8) is 0 Å². The predicted molar refractivity (Wildman–Crippen MR) is 92.3 cm³/mol. The van der Waals surface area contributed by atoms with Crippen molar-refractivity contribution in [2.24, 2.45) is 5.10 Å². The number of aromatic nitrogens is 5. The Labute approximate surface area is 155 Å². The van der Waals surface area contributed by atoms with E-state index in [0.29, 0.717) is 22.8 Å². The first kappa shape index (κ1) is 18.4. The van der Waals surface area contributed by atoms with E-state index in [1.54, 1.807) is 13.8 Å². The van der Waals surface area contributed by atoms with Crippen LogP contribution in [0, 0.1) is 22.2 Å². The summed E-state index contributed by atoms with van der Waals surface area (Å²) in [5, 5.41) is 37.1. The average molecular weight is 387 g/mol. The molecule has 0 atom stereocenters. The van der Waals surface area contributed by atoms with Crippen LogP contribution in [0.15, 0.2) is 34.0 Å². The van der Waals surface area contributed by atoms with E-state index in [1.165, 1.54) is 28.9 Å². The van der Waals surface area contributed by atoms with Crippen LogP contribution >= 0.6 is 0 Å². The lowest BCUT2D eigenvalue weighted by Crippen LogP contribution is -2.36. The van der Waals surface area contributed by atoms with Crippen LogP contribution < -0.4 is 16.1 Å². The lowest BCUT2D eigenvalue weighted by atomic mass is 10.2. The second kappa shape index (κ2) is 7.10. The number of nitrogens with zero attached hydrogens (tertiary/aromatic N) is 7. The van der Waals surface area contributed by atoms with E-state index < -0.39 is 16.5 Å². The van der Waals surface area contributed by atoms with E-state index in [-0.39, 0.29) is 16.4 Å². The van der Waals surface area contributed by atoms with Crippen LogP contribution in [0.5, 0.6) is 0 Å². The zero-order valence-corrected chi connectivity index (χ0v) is 14.6. The fraction of sp³-hybridized carbons (Fsp3) is 0.143. The van der Waals surface area contributed by atoms with E-state index in [2.05, 4.69) is 30.6 Å². The maximum absolute atomic E-state index is 12.0. The molecule has 0 spiro atoms. The number of carbonyl (C=O) groups excluding carboxylic acids is 1. The first-order valence-electron chi connectivity index (χ1n) is 7.67. The largest absolute Gasteiger partial charge is 0.359 e. The van der Waals surface area contributed by atoms with Gasteiger partial charge in [0.1, 0.15) is 5.69 Å². The quantitative estimate of drug-likeness (QED) is 0.259. The van der Waals surface area contributed by atoms with Crippen molar-refractivity contribution in [3.05, 3.63) is 56.7 Å². The molecule has 14 heteroatoms. The fourth-order valence-electron chi connectivity index (χ4n) is 2.32. The maximum atomic E-state index is 12.0. The molecule has 28 heavy (non-hydrogen) atoms. The minimum Gasteiger partial charge on any atom is -0.359 e. The lowest BCUT2D eigenvalue weighted by Gasteiger charge is -2.03. The standard InChI is InChI=1S/C14H13N9O5/c1-7(16-18-14(24)12-13(15)19-28-23(12)27)11-8(2)21(20-17-11)9-3-5-10(6-4-9)22(25)26/h3-6H,1-2H3,(H2,15,19)(H,18,24)/b16-7+. The first-order valence-corrected chi connectivity index (χ1v) is 7.67. The summed E-state index contributed by atoms with van der Waals surface area (Å²) in [7, 11) is 0. The number of rotatable bonds is 5. The second-order valence-electron chi connectivity index (χ2n) is 5.51. The Hall–Kier alpha value is -4.36. The summed E-state index contributed by atoms with van der Waals surface area (Å²) in [6.07, 6.45) is 0. The third-order valence-corrected chi connectivity index (χ3v) is 3.72. The van der Waals surface area contributed by atoms with Gasteiger partial charge in [0.2, 0.25) is 0 Å². The molecule has 0 aliphatic heterocycles. The lowest BCUT2D eigenvalue weighted by molar-refractivity contribution is -0.803. The summed E-state index contributed by atoms with van der Waals surface area (Å²) in [6, 6.07) is 5.75. The summed E-state index contributed by atoms with van der Waals surface area (Å²) < 4.78 is 5.67. The maximum Gasteiger partial charge on any atom is 0.322 e. The van der Waals surface area contributed by atoms with E-state index >= 15 is 0 Å². The van der Waals surface area contributed by atoms with Gasteiger partial charge in [-0.1, -0.05) is 5.21 Å². The second-order valence-corrected chi connectivity index (χ2v) is 5.51. The third kappa shape index (κ3) is 3.33. The van der Waals surface area contributed by atoms with Crippen molar-refractivity contribution in [1.29, 1.82) is 0 Å². The summed E-state index contributed by atoms with van der Waals surface area (Å²) in [6.45, 7) is 3.28. The number of hydrogen-bond donors (Lipinski definition) is 2. The van der Waals surface area contributed by atoms with Crippen molar-refractivity contribution >= 4 is 23.1 Å². The van der Waals surface area contributed by atoms with Gasteiger partial charge in [-0.05, 0) is 30.9 Å². The van der Waals surface area contributed by atoms with E-state index in [1.807, 2.05) is 0 Å². The molecule has 2 aromatic heterocycles. The van der Waals surface area contributed by atoms with Gasteiger partial charge < -0.3 is 10.9 Å². The molecule has 0 aliphatic carbocycles. The average Bonchev–Trinajstić information content (AvgIpc) is 3.21. The van der Waals surface area contributed by atoms with Gasteiger partial charge in [-0.3, -0.25) is 19.5 Å². The van der Waals surface area contributed by atoms with Crippen molar-refractivity contribution in [1.82, 2.24) is 25.6 Å². The van der Waals surface area contributed by atoms with Gasteiger partial charge in [-0.15, -0.1) is 5.10 Å². The van der Waals surface area contributed by atoms with E-state index in [9.17, 15) is 20.1 Å². The molecule has 14 nitrogen and oxygen atoms in total. The number of non-ortho nitro benzene ring substituents is 1. The fourth-order valence-corrected chi connectivity index (χ4v) is 2.32.